The van der Waals surface area contributed by atoms with E-state index in [4.69, 9.17) is 11.6 Å². The summed E-state index contributed by atoms with van der Waals surface area (Å²) in [5.41, 5.74) is -9.38. The first-order valence-corrected chi connectivity index (χ1v) is 19.0. The number of aromatic nitrogens is 6. The van der Waals surface area contributed by atoms with Crippen LogP contribution >= 0.6 is 35.6 Å². The van der Waals surface area contributed by atoms with E-state index in [1.807, 2.05) is 0 Å². The van der Waals surface area contributed by atoms with Gasteiger partial charge in [-0.25, -0.2) is 26.3 Å². The van der Waals surface area contributed by atoms with Gasteiger partial charge in [-0.1, -0.05) is 23.5 Å². The van der Waals surface area contributed by atoms with E-state index in [2.05, 4.69) is 29.4 Å². The van der Waals surface area contributed by atoms with Crippen molar-refractivity contribution in [3.05, 3.63) is 91.7 Å². The Labute approximate surface area is 331 Å². The van der Waals surface area contributed by atoms with Crippen molar-refractivity contribution < 1.29 is 57.3 Å². The van der Waals surface area contributed by atoms with Gasteiger partial charge in [-0.2, -0.15) is 37.1 Å². The average Bonchev–Trinajstić information content (AvgIpc) is 3.63. The van der Waals surface area contributed by atoms with Crippen molar-refractivity contribution in [3.8, 4) is 11.6 Å². The number of carbonyl (C=O) groups excluding carboxylic acids is 1. The summed E-state index contributed by atoms with van der Waals surface area (Å²) in [6, 6.07) is 3.09. The van der Waals surface area contributed by atoms with Crippen molar-refractivity contribution >= 4 is 58.2 Å². The van der Waals surface area contributed by atoms with Crippen molar-refractivity contribution in [2.45, 2.75) is 62.2 Å². The molecule has 310 valence electrons. The second-order valence-corrected chi connectivity index (χ2v) is 14.9. The molecule has 0 spiro atoms. The lowest BCUT2D eigenvalue weighted by molar-refractivity contribution is -0.123. The maximum Gasteiger partial charge on any atom is 0.479 e. The molecule has 58 heavy (non-hydrogen) atoms. The minimum atomic E-state index is -5.04. The van der Waals surface area contributed by atoms with Gasteiger partial charge >= 0.3 is 5.51 Å². The van der Waals surface area contributed by atoms with Crippen molar-refractivity contribution in [1.29, 1.82) is 0 Å². The Balaban J connectivity index is 1.41. The molecule has 5 aromatic rings. The van der Waals surface area contributed by atoms with E-state index in [-0.39, 0.29) is 39.4 Å². The van der Waals surface area contributed by atoms with Gasteiger partial charge in [0, 0.05) is 30.2 Å². The van der Waals surface area contributed by atoms with Crippen molar-refractivity contribution in [2.75, 3.05) is 11.0 Å². The van der Waals surface area contributed by atoms with Crippen LogP contribution in [-0.2, 0) is 30.2 Å². The number of carbonyl (C=O) groups is 1. The number of nitrogens with one attached hydrogen (secondary N) is 2. The molecule has 1 saturated carbocycles. The first-order chi connectivity index (χ1) is 27.3. The number of fused-ring (bicyclic) bond motifs is 4. The molecular formula is C33H24ClF11N8O3S2. The number of benzene rings is 2. The van der Waals surface area contributed by atoms with Crippen LogP contribution in [0.15, 0.2) is 41.2 Å². The van der Waals surface area contributed by atoms with Crippen LogP contribution in [0.2, 0.25) is 5.02 Å². The quantitative estimate of drug-likeness (QED) is 0.0643. The zero-order valence-corrected chi connectivity index (χ0v) is 31.3. The number of nitrogens with zero attached hydrogens (tertiary/aromatic N) is 6. The highest BCUT2D eigenvalue weighted by atomic mass is 35.5. The summed E-state index contributed by atoms with van der Waals surface area (Å²) in [5, 5.41) is 10.0. The average molecular weight is 889 g/mol. The van der Waals surface area contributed by atoms with Crippen molar-refractivity contribution in [2.24, 2.45) is 5.92 Å². The van der Waals surface area contributed by atoms with E-state index in [1.165, 1.54) is 6.07 Å². The summed E-state index contributed by atoms with van der Waals surface area (Å²) >= 11 is 6.38. The topological polar surface area (TPSA) is 121 Å². The molecule has 3 heterocycles. The van der Waals surface area contributed by atoms with Crippen LogP contribution in [0.1, 0.15) is 53.1 Å². The molecule has 1 fully saturated rings. The van der Waals surface area contributed by atoms with Crippen LogP contribution in [0.4, 0.5) is 54.1 Å². The first-order valence-electron chi connectivity index (χ1n) is 16.6. The van der Waals surface area contributed by atoms with Gasteiger partial charge < -0.3 is 14.2 Å². The van der Waals surface area contributed by atoms with Crippen LogP contribution in [0.25, 0.3) is 16.6 Å². The van der Waals surface area contributed by atoms with Gasteiger partial charge in [0.2, 0.25) is 11.8 Å². The molecule has 0 bridgehead atoms. The van der Waals surface area contributed by atoms with Gasteiger partial charge in [-0.15, -0.1) is 0 Å². The molecule has 7 rings (SSSR count). The highest BCUT2D eigenvalue weighted by Crippen LogP contribution is 2.68. The molecular weight excluding hydrogens is 865 g/mol. The second kappa shape index (κ2) is 15.5. The predicted molar refractivity (Wildman–Crippen MR) is 188 cm³/mol. The van der Waals surface area contributed by atoms with E-state index in [1.54, 1.807) is 6.26 Å². The number of anilines is 1. The molecule has 11 nitrogen and oxygen atoms in total. The minimum absolute atomic E-state index is 0.0193. The lowest BCUT2D eigenvalue weighted by Gasteiger charge is -2.24. The van der Waals surface area contributed by atoms with Gasteiger partial charge in [0.25, 0.3) is 24.3 Å². The number of rotatable bonds is 14. The zero-order chi connectivity index (χ0) is 42.0. The molecule has 0 radical (unpaired) electrons. The molecule has 3 aromatic heterocycles. The van der Waals surface area contributed by atoms with Crippen LogP contribution in [0.5, 0.6) is 5.88 Å². The Morgan fingerprint density at radius 2 is 1.78 bits per heavy atom. The van der Waals surface area contributed by atoms with Crippen LogP contribution in [-0.4, -0.2) is 53.2 Å². The van der Waals surface area contributed by atoms with Gasteiger partial charge in [0.05, 0.1) is 33.7 Å². The summed E-state index contributed by atoms with van der Waals surface area (Å²) < 4.78 is 164. The smallest absolute Gasteiger partial charge is 0.396 e. The fraction of sp³-hybridized carbons (Fsp3) is 0.364. The Morgan fingerprint density at radius 3 is 2.41 bits per heavy atom. The number of alkyl halides is 9. The SMILES string of the molecule is CSNc1nn(CC(F)F)c2c(-n3c(C(Cc4cc(F)cc(F)c4)NC(=O)Cn4nc(C(F)F)c5c4C(F)(F)C4CC54)nc(OSC(F)(F)F)cc3=O)ccc(Cl)c12. The molecule has 2 aliphatic carbocycles. The highest BCUT2D eigenvalue weighted by molar-refractivity contribution is 7.99. The third-order valence-corrected chi connectivity index (χ3v) is 10.3. The first kappa shape index (κ1) is 41.4. The van der Waals surface area contributed by atoms with E-state index in [9.17, 15) is 49.1 Å². The molecule has 1 amide bonds. The number of hydrogen-bond acceptors (Lipinski definition) is 9. The van der Waals surface area contributed by atoms with Crippen LogP contribution in [0.3, 0.4) is 0 Å². The van der Waals surface area contributed by atoms with Crippen LogP contribution < -0.4 is 19.8 Å². The second-order valence-electron chi connectivity index (χ2n) is 13.0. The molecule has 3 unspecified atom stereocenters. The lowest BCUT2D eigenvalue weighted by atomic mass is 10.0. The predicted octanol–water partition coefficient (Wildman–Crippen LogP) is 8.46. The third-order valence-electron chi connectivity index (χ3n) is 9.18. The molecule has 0 saturated heterocycles. The Bertz CT molecular complexity index is 2460. The summed E-state index contributed by atoms with van der Waals surface area (Å²) in [5.74, 6) is -11.2. The van der Waals surface area contributed by atoms with Gasteiger partial charge in [-0.05, 0) is 42.2 Å². The maximum absolute atomic E-state index is 15.3. The third kappa shape index (κ3) is 8.01. The summed E-state index contributed by atoms with van der Waals surface area (Å²) in [7, 11) is 0. The lowest BCUT2D eigenvalue weighted by Crippen LogP contribution is -2.38. The normalized spacial score (nSPS) is 17.5. The largest absolute Gasteiger partial charge is 0.479 e. The Kier molecular flexibility index (Phi) is 11.1. The molecule has 25 heteroatoms. The fourth-order valence-corrected chi connectivity index (χ4v) is 7.93. The summed E-state index contributed by atoms with van der Waals surface area (Å²) in [6.07, 6.45) is -5.57. The summed E-state index contributed by atoms with van der Waals surface area (Å²) in [6.45, 7) is -2.23. The summed E-state index contributed by atoms with van der Waals surface area (Å²) in [4.78, 5) is 31.9. The van der Waals surface area contributed by atoms with Crippen molar-refractivity contribution in [3.63, 3.8) is 0 Å². The van der Waals surface area contributed by atoms with E-state index >= 15 is 8.78 Å². The highest BCUT2D eigenvalue weighted by Gasteiger charge is 2.67. The monoisotopic (exact) mass is 888 g/mol. The molecule has 2 N–H and O–H groups in total. The Hall–Kier alpha value is -4.71. The molecule has 2 aliphatic rings. The van der Waals surface area contributed by atoms with E-state index in [0.29, 0.717) is 21.4 Å². The van der Waals surface area contributed by atoms with Crippen LogP contribution in [0, 0.1) is 17.6 Å². The maximum atomic E-state index is 15.3. The zero-order valence-electron chi connectivity index (χ0n) is 28.9. The van der Waals surface area contributed by atoms with E-state index < -0.39 is 125 Å². The molecule has 3 atom stereocenters. The molecule has 2 aromatic carbocycles. The number of hydrogen-bond donors (Lipinski definition) is 2. The number of amides is 1. The van der Waals surface area contributed by atoms with Gasteiger partial charge in [0.1, 0.15) is 41.9 Å². The minimum Gasteiger partial charge on any atom is -0.396 e. The standard InChI is InChI=1S/C33H24ClF11N8O3S2/c1-57-50-30-25-17(34)2-3-19(27(25)51(49-30)10-20(37)38)53-23(55)9-22(56-58-33(43,44)45)47-31(53)18(6-12-4-13(35)7-14(36)5-12)46-21(54)11-52-28-24(26(48-52)29(39)40)15-8-16(15)32(28,41)42/h2-5,7,9,15-16,18,20,29H,6,8,10-11H2,1H3,(H,46,54)(H,49,50). The van der Waals surface area contributed by atoms with E-state index in [0.717, 1.165) is 34.8 Å². The van der Waals surface area contributed by atoms with Gasteiger partial charge in [0.15, 0.2) is 17.9 Å². The Morgan fingerprint density at radius 1 is 1.07 bits per heavy atom. The van der Waals surface area contributed by atoms with Gasteiger partial charge in [-0.3, -0.25) is 23.5 Å². The number of halogens is 12. The van der Waals surface area contributed by atoms with Crippen molar-refractivity contribution in [1.82, 2.24) is 34.4 Å². The fourth-order valence-electron chi connectivity index (χ4n) is 7.09. The molecule has 0 aliphatic heterocycles.